The van der Waals surface area contributed by atoms with Gasteiger partial charge < -0.3 is 39.5 Å². The molecule has 0 radical (unpaired) electrons. The molecule has 2 aromatic carbocycles. The number of nitrogens with zero attached hydrogens (tertiary/aromatic N) is 8. The van der Waals surface area contributed by atoms with E-state index in [1.54, 1.807) is 23.0 Å². The quantitative estimate of drug-likeness (QED) is 0.0300. The van der Waals surface area contributed by atoms with E-state index in [2.05, 4.69) is 79.8 Å². The molecule has 1 aliphatic heterocycles. The molecule has 17 nitrogen and oxygen atoms in total. The second-order valence-corrected chi connectivity index (χ2v) is 19.0. The second-order valence-electron chi connectivity index (χ2n) is 17.9. The van der Waals surface area contributed by atoms with Crippen LogP contribution in [-0.4, -0.2) is 118 Å². The highest BCUT2D eigenvalue weighted by Gasteiger charge is 2.29. The van der Waals surface area contributed by atoms with Gasteiger partial charge in [-0.3, -0.25) is 14.5 Å². The predicted molar refractivity (Wildman–Crippen MR) is 273 cm³/mol. The van der Waals surface area contributed by atoms with E-state index >= 15 is 0 Å². The van der Waals surface area contributed by atoms with Gasteiger partial charge in [-0.1, -0.05) is 43.7 Å². The van der Waals surface area contributed by atoms with Crippen LogP contribution in [0.1, 0.15) is 78.4 Å². The van der Waals surface area contributed by atoms with E-state index in [9.17, 15) is 28.0 Å². The zero-order chi connectivity index (χ0) is 51.6. The highest BCUT2D eigenvalue weighted by molar-refractivity contribution is 7.18. The number of hydrogen-bond donors (Lipinski definition) is 3. The van der Waals surface area contributed by atoms with Crippen molar-refractivity contribution in [3.05, 3.63) is 101 Å². The largest absolute Gasteiger partial charge is 0.485 e. The van der Waals surface area contributed by atoms with Crippen molar-refractivity contribution in [3.8, 4) is 11.8 Å². The number of fused-ring (bicyclic) bond motifs is 2. The molecule has 2 amide bonds. The summed E-state index contributed by atoms with van der Waals surface area (Å²) in [6, 6.07) is 15.8. The number of benzene rings is 2. The molecule has 0 spiro atoms. The number of ether oxygens (including phenoxy) is 4. The Bertz CT molecular complexity index is 2820. The number of amides is 2. The van der Waals surface area contributed by atoms with Crippen molar-refractivity contribution >= 4 is 55.8 Å². The number of carbonyl (C=O) groups is 2. The van der Waals surface area contributed by atoms with Crippen LogP contribution in [0.15, 0.2) is 67.6 Å². The maximum atomic E-state index is 13.1. The van der Waals surface area contributed by atoms with Gasteiger partial charge in [-0.15, -0.1) is 16.4 Å². The number of piperidine rings is 1. The average molecular weight is 1030 g/mol. The van der Waals surface area contributed by atoms with Gasteiger partial charge in [-0.25, -0.2) is 14.6 Å². The Balaban J connectivity index is 0.864. The number of nitrogens with one attached hydrogen (secondary N) is 3. The molecule has 0 saturated carbocycles. The zero-order valence-corrected chi connectivity index (χ0v) is 42.3. The molecule has 0 bridgehead atoms. The summed E-state index contributed by atoms with van der Waals surface area (Å²) in [6.45, 7) is 14.3. The molecule has 73 heavy (non-hydrogen) atoms. The number of halogens is 3. The number of hydrogen-bond acceptors (Lipinski definition) is 14. The molecule has 6 aromatic rings. The maximum absolute atomic E-state index is 13.1. The summed E-state index contributed by atoms with van der Waals surface area (Å²) in [5, 5.41) is 29.5. The van der Waals surface area contributed by atoms with E-state index in [0.717, 1.165) is 85.1 Å². The highest BCUT2D eigenvalue weighted by Crippen LogP contribution is 2.34. The smallest absolute Gasteiger partial charge is 0.393 e. The fourth-order valence-corrected chi connectivity index (χ4v) is 9.65. The third-order valence-corrected chi connectivity index (χ3v) is 13.6. The van der Waals surface area contributed by atoms with Gasteiger partial charge in [-0.05, 0) is 85.7 Å². The first kappa shape index (κ1) is 54.3. The van der Waals surface area contributed by atoms with Gasteiger partial charge in [0.05, 0.1) is 69.9 Å². The number of anilines is 2. The number of aromatic nitrogens is 6. The number of aryl methyl sites for hydroxylation is 3. The third-order valence-electron chi connectivity index (χ3n) is 12.5. The van der Waals surface area contributed by atoms with E-state index in [0.29, 0.717) is 111 Å². The topological polar surface area (TPSA) is 196 Å². The number of carbonyl (C=O) groups excluding carboxylic acids is 2. The molecule has 390 valence electrons. The molecule has 5 heterocycles. The molecule has 1 saturated heterocycles. The molecule has 1 aliphatic rings. The Morgan fingerprint density at radius 3 is 2.51 bits per heavy atom. The predicted octanol–water partition coefficient (Wildman–Crippen LogP) is 8.29. The number of alkyl halides is 3. The zero-order valence-electron chi connectivity index (χ0n) is 41.5. The van der Waals surface area contributed by atoms with Crippen molar-refractivity contribution in [2.45, 2.75) is 104 Å². The minimum absolute atomic E-state index is 0.0598. The van der Waals surface area contributed by atoms with Crippen molar-refractivity contribution in [1.82, 2.24) is 39.7 Å². The highest BCUT2D eigenvalue weighted by atomic mass is 32.1. The normalized spacial score (nSPS) is 13.4. The van der Waals surface area contributed by atoms with Crippen LogP contribution in [-0.2, 0) is 62.9 Å². The molecule has 7 rings (SSSR count). The summed E-state index contributed by atoms with van der Waals surface area (Å²) in [7, 11) is 0. The average Bonchev–Trinajstić information content (AvgIpc) is 4.11. The van der Waals surface area contributed by atoms with Gasteiger partial charge in [0.2, 0.25) is 11.8 Å². The summed E-state index contributed by atoms with van der Waals surface area (Å²) in [6.07, 6.45) is 4.96. The van der Waals surface area contributed by atoms with Crippen molar-refractivity contribution < 1.29 is 41.7 Å². The maximum Gasteiger partial charge on any atom is 0.393 e. The fraction of sp³-hybridized carbons (Fsp3) is 0.481. The van der Waals surface area contributed by atoms with Crippen LogP contribution < -0.4 is 20.7 Å². The molecule has 0 atom stereocenters. The lowest BCUT2D eigenvalue weighted by atomic mass is 10.0. The summed E-state index contributed by atoms with van der Waals surface area (Å²) in [5.41, 5.74) is 5.81. The number of nitriles is 1. The summed E-state index contributed by atoms with van der Waals surface area (Å²) < 4.78 is 65.9. The van der Waals surface area contributed by atoms with E-state index < -0.39 is 12.6 Å². The van der Waals surface area contributed by atoms with Crippen molar-refractivity contribution in [1.29, 1.82) is 5.26 Å². The third kappa shape index (κ3) is 16.3. The first-order valence-electron chi connectivity index (χ1n) is 24.8. The Labute approximate surface area is 427 Å². The Morgan fingerprint density at radius 1 is 0.973 bits per heavy atom. The van der Waals surface area contributed by atoms with Crippen LogP contribution in [0, 0.1) is 18.3 Å². The van der Waals surface area contributed by atoms with E-state index in [-0.39, 0.29) is 29.3 Å². The van der Waals surface area contributed by atoms with Crippen molar-refractivity contribution in [3.63, 3.8) is 0 Å². The van der Waals surface area contributed by atoms with Gasteiger partial charge >= 0.3 is 6.18 Å². The lowest BCUT2D eigenvalue weighted by Gasteiger charge is -2.33. The van der Waals surface area contributed by atoms with E-state index in [1.807, 2.05) is 22.8 Å². The van der Waals surface area contributed by atoms with Crippen LogP contribution in [0.3, 0.4) is 0 Å². The van der Waals surface area contributed by atoms with Gasteiger partial charge in [-0.2, -0.15) is 18.4 Å². The monoisotopic (exact) mass is 1030 g/mol. The number of likely N-dealkylation sites (tertiary alicyclic amines) is 1. The Kier molecular flexibility index (Phi) is 20.1. The number of thiophene rings is 1. The first-order valence-corrected chi connectivity index (χ1v) is 25.6. The second kappa shape index (κ2) is 27.0. The van der Waals surface area contributed by atoms with Crippen LogP contribution in [0.2, 0.25) is 0 Å². The number of rotatable bonds is 29. The Morgan fingerprint density at radius 2 is 1.75 bits per heavy atom. The molecular formula is C52H64F3N11O6S. The minimum Gasteiger partial charge on any atom is -0.485 e. The molecule has 3 N–H and O–H groups in total. The molecule has 4 aromatic heterocycles. The van der Waals surface area contributed by atoms with Gasteiger partial charge in [0.1, 0.15) is 46.8 Å². The lowest BCUT2D eigenvalue weighted by Crippen LogP contribution is -2.39. The molecule has 0 unspecified atom stereocenters. The fourth-order valence-electron chi connectivity index (χ4n) is 8.62. The lowest BCUT2D eigenvalue weighted by molar-refractivity contribution is -0.126. The van der Waals surface area contributed by atoms with Crippen molar-refractivity contribution in [2.24, 2.45) is 0 Å². The Hall–Kier alpha value is -6.44. The summed E-state index contributed by atoms with van der Waals surface area (Å²) >= 11 is 1.05. The molecule has 21 heteroatoms. The van der Waals surface area contributed by atoms with Gasteiger partial charge in [0, 0.05) is 61.0 Å². The van der Waals surface area contributed by atoms with Crippen LogP contribution in [0.4, 0.5) is 24.7 Å². The number of unbranched alkanes of at least 4 members (excludes halogenated alkanes) is 2. The van der Waals surface area contributed by atoms with Gasteiger partial charge in [0.15, 0.2) is 0 Å². The summed E-state index contributed by atoms with van der Waals surface area (Å²) in [5.74, 6) is 0.699. The molecule has 0 aliphatic carbocycles. The summed E-state index contributed by atoms with van der Waals surface area (Å²) in [4.78, 5) is 35.8. The minimum atomic E-state index is -4.29. The van der Waals surface area contributed by atoms with Crippen molar-refractivity contribution in [2.75, 3.05) is 69.9 Å². The van der Waals surface area contributed by atoms with Crippen LogP contribution in [0.5, 0.6) is 5.75 Å². The van der Waals surface area contributed by atoms with Gasteiger partial charge in [0.25, 0.3) is 0 Å². The van der Waals surface area contributed by atoms with E-state index in [4.69, 9.17) is 18.9 Å². The molecular weight excluding hydrogens is 964 g/mol. The standard InChI is InChI=1S/C52H64F3N11O6S/c1-4-6-7-8-49(68)57-16-21-69-23-25-71-26-24-70-22-20-65-33-40(62-63-65)34-72-47-27-37(9-11-45(47)61-48(67)5-2)13-19-66-41(31-56)28-43-36(3)38(10-12-46(43)66)32-64-17-14-39(15-18-64)60-50-44-29-42(30-52(53,54)55)73-51(44)59-35-58-50/h5,9-12,27-29,33,35,39H,2,4,6-8,13-26,30,32,34H2,1,3H3,(H,57,68)(H,61,67)(H,58,59,60). The first-order chi connectivity index (χ1) is 35.4. The molecule has 1 fully saturated rings. The van der Waals surface area contributed by atoms with E-state index in [1.165, 1.54) is 18.0 Å². The van der Waals surface area contributed by atoms with Crippen LogP contribution >= 0.6 is 11.3 Å². The SMILES string of the molecule is C=CC(=O)Nc1ccc(CCn2c(C#N)cc3c(C)c(CN4CCC(Nc5ncnc6sc(CC(F)(F)F)cc56)CC4)ccc32)cc1OCc1cn(CCOCCOCCOCCNC(=O)CCCCC)nn1. The van der Waals surface area contributed by atoms with Crippen LogP contribution in [0.25, 0.3) is 21.1 Å².